The first-order valence-corrected chi connectivity index (χ1v) is 15.9. The molecule has 0 spiro atoms. The third-order valence-electron chi connectivity index (χ3n) is 6.34. The number of Topliss-reactive ketones (excluding diaryl/α,β-unsaturated/α-hetero) is 1. The van der Waals surface area contributed by atoms with Gasteiger partial charge in [-0.3, -0.25) is 9.36 Å². The third-order valence-corrected chi connectivity index (χ3v) is 12.1. The number of aryl methyl sites for hydroxylation is 1. The Kier molecular flexibility index (Phi) is 7.74. The van der Waals surface area contributed by atoms with Crippen molar-refractivity contribution < 1.29 is 40.0 Å². The number of benzene rings is 3. The fourth-order valence-corrected chi connectivity index (χ4v) is 9.29. The first-order chi connectivity index (χ1) is 18.3. The van der Waals surface area contributed by atoms with Crippen LogP contribution in [0.25, 0.3) is 0 Å². The van der Waals surface area contributed by atoms with Gasteiger partial charge in [0.1, 0.15) is 10.7 Å². The van der Waals surface area contributed by atoms with Crippen LogP contribution < -0.4 is 9.46 Å². The van der Waals surface area contributed by atoms with E-state index in [0.29, 0.717) is 5.75 Å². The summed E-state index contributed by atoms with van der Waals surface area (Å²) in [6.45, 7) is 1.77. The number of methoxy groups -OCH3 is 1. The highest BCUT2D eigenvalue weighted by atomic mass is 32.2. The molecule has 10 nitrogen and oxygen atoms in total. The van der Waals surface area contributed by atoms with Crippen LogP contribution in [0.1, 0.15) is 21.5 Å². The molecule has 3 aromatic rings. The summed E-state index contributed by atoms with van der Waals surface area (Å²) >= 11 is 0. The fraction of sp³-hybridized carbons (Fsp3) is 0.192. The van der Waals surface area contributed by atoms with E-state index in [4.69, 9.17) is 13.8 Å². The largest absolute Gasteiger partial charge is 0.497 e. The van der Waals surface area contributed by atoms with E-state index < -0.39 is 43.4 Å². The maximum atomic E-state index is 14.2. The van der Waals surface area contributed by atoms with Gasteiger partial charge in [-0.2, -0.15) is 4.72 Å². The predicted molar refractivity (Wildman–Crippen MR) is 144 cm³/mol. The van der Waals surface area contributed by atoms with Gasteiger partial charge in [-0.05, 0) is 49.4 Å². The molecule has 13 heteroatoms. The zero-order valence-electron chi connectivity index (χ0n) is 21.4. The van der Waals surface area contributed by atoms with Crippen LogP contribution in [0.15, 0.2) is 93.6 Å². The number of allylic oxidation sites excluding steroid dienone is 1. The van der Waals surface area contributed by atoms with E-state index in [1.54, 1.807) is 19.1 Å². The molecule has 0 aliphatic heterocycles. The standard InChI is InChI=1S/C26H26NO9PS2/c1-18-9-13-20(14-10-18)38(30,31)24-17-26(37(29,35-3)36-4,23-8-6-5-7-22(23)25(24)28)27-39(32,33)21-15-11-19(34-2)12-16-21/h5-17,27H,1-4H3. The summed E-state index contributed by atoms with van der Waals surface area (Å²) in [6.07, 6.45) is 0.821. The maximum absolute atomic E-state index is 14.2. The number of hydrogen-bond donors (Lipinski definition) is 1. The monoisotopic (exact) mass is 591 g/mol. The second-order valence-corrected chi connectivity index (χ2v) is 14.6. The van der Waals surface area contributed by atoms with Crippen LogP contribution in [0.2, 0.25) is 0 Å². The molecule has 3 aromatic carbocycles. The topological polar surface area (TPSA) is 142 Å². The Hall–Kier alpha value is -3.12. The van der Waals surface area contributed by atoms with Crippen LogP contribution in [0.4, 0.5) is 0 Å². The number of ether oxygens (including phenoxy) is 1. The van der Waals surface area contributed by atoms with E-state index in [1.807, 2.05) is 0 Å². The SMILES string of the molecule is COc1ccc(S(=O)(=O)NC2(P(=O)(OC)OC)C=C(S(=O)(=O)c3ccc(C)cc3)C(=O)c3ccccc32)cc1. The number of hydrogen-bond acceptors (Lipinski definition) is 9. The molecule has 0 bridgehead atoms. The van der Waals surface area contributed by atoms with Crippen molar-refractivity contribution in [1.82, 2.24) is 4.72 Å². The average Bonchev–Trinajstić information content (AvgIpc) is 2.94. The quantitative estimate of drug-likeness (QED) is 0.363. The molecule has 0 saturated heterocycles. The lowest BCUT2D eigenvalue weighted by molar-refractivity contribution is 0.103. The van der Waals surface area contributed by atoms with Crippen LogP contribution in [0.5, 0.6) is 5.75 Å². The summed E-state index contributed by atoms with van der Waals surface area (Å²) in [6, 6.07) is 16.8. The fourth-order valence-electron chi connectivity index (χ4n) is 4.27. The molecule has 1 unspecified atom stereocenters. The van der Waals surface area contributed by atoms with Crippen molar-refractivity contribution in [1.29, 1.82) is 0 Å². The van der Waals surface area contributed by atoms with Gasteiger partial charge < -0.3 is 13.8 Å². The van der Waals surface area contributed by atoms with Crippen LogP contribution in [-0.2, 0) is 38.8 Å². The summed E-state index contributed by atoms with van der Waals surface area (Å²) < 4.78 is 87.1. The molecule has 0 fully saturated rings. The minimum absolute atomic E-state index is 0.0954. The molecule has 1 N–H and O–H groups in total. The minimum atomic E-state index is -4.59. The van der Waals surface area contributed by atoms with Crippen molar-refractivity contribution in [2.75, 3.05) is 21.3 Å². The molecule has 0 amide bonds. The van der Waals surface area contributed by atoms with Crippen molar-refractivity contribution in [3.63, 3.8) is 0 Å². The van der Waals surface area contributed by atoms with Gasteiger partial charge in [-0.1, -0.05) is 42.0 Å². The lowest BCUT2D eigenvalue weighted by Crippen LogP contribution is -2.48. The zero-order valence-corrected chi connectivity index (χ0v) is 24.0. The molecule has 39 heavy (non-hydrogen) atoms. The van der Waals surface area contributed by atoms with Gasteiger partial charge in [0.25, 0.3) is 0 Å². The lowest BCUT2D eigenvalue weighted by Gasteiger charge is -2.39. The van der Waals surface area contributed by atoms with Gasteiger partial charge in [0.15, 0.2) is 5.28 Å². The third kappa shape index (κ3) is 4.88. The van der Waals surface area contributed by atoms with E-state index in [9.17, 15) is 26.2 Å². The highest BCUT2D eigenvalue weighted by Gasteiger charge is 2.58. The molecule has 1 aliphatic carbocycles. The van der Waals surface area contributed by atoms with Gasteiger partial charge >= 0.3 is 7.60 Å². The number of nitrogens with one attached hydrogen (secondary N) is 1. The number of sulfone groups is 1. The number of rotatable bonds is 9. The van der Waals surface area contributed by atoms with Crippen molar-refractivity contribution in [2.45, 2.75) is 22.0 Å². The molecule has 1 atom stereocenters. The Balaban J connectivity index is 2.05. The van der Waals surface area contributed by atoms with Crippen molar-refractivity contribution in [2.24, 2.45) is 0 Å². The molecular weight excluding hydrogens is 565 g/mol. The van der Waals surface area contributed by atoms with Gasteiger partial charge in [0, 0.05) is 25.3 Å². The maximum Gasteiger partial charge on any atom is 0.359 e. The molecule has 0 saturated carbocycles. The Morgan fingerprint density at radius 3 is 1.92 bits per heavy atom. The first kappa shape index (κ1) is 28.9. The highest BCUT2D eigenvalue weighted by molar-refractivity contribution is 7.96. The molecule has 0 heterocycles. The van der Waals surface area contributed by atoms with Gasteiger partial charge in [-0.15, -0.1) is 0 Å². The predicted octanol–water partition coefficient (Wildman–Crippen LogP) is 4.17. The van der Waals surface area contributed by atoms with Crippen LogP contribution in [-0.4, -0.2) is 43.9 Å². The van der Waals surface area contributed by atoms with Crippen LogP contribution in [0.3, 0.4) is 0 Å². The van der Waals surface area contributed by atoms with Crippen molar-refractivity contribution in [3.8, 4) is 5.75 Å². The molecule has 0 radical (unpaired) electrons. The zero-order chi connectivity index (χ0) is 28.6. The number of sulfonamides is 1. The Morgan fingerprint density at radius 1 is 0.795 bits per heavy atom. The first-order valence-electron chi connectivity index (χ1n) is 11.4. The molecular formula is C26H26NO9PS2. The molecule has 1 aliphatic rings. The van der Waals surface area contributed by atoms with Crippen LogP contribution >= 0.6 is 7.60 Å². The smallest absolute Gasteiger partial charge is 0.359 e. The molecule has 206 valence electrons. The Labute approximate surface area is 227 Å². The summed E-state index contributed by atoms with van der Waals surface area (Å²) in [7, 11) is -10.2. The Morgan fingerprint density at radius 2 is 1.36 bits per heavy atom. The van der Waals surface area contributed by atoms with E-state index in [-0.39, 0.29) is 20.9 Å². The summed E-state index contributed by atoms with van der Waals surface area (Å²) in [5.74, 6) is -0.507. The van der Waals surface area contributed by atoms with E-state index in [1.165, 1.54) is 67.8 Å². The highest BCUT2D eigenvalue weighted by Crippen LogP contribution is 2.66. The normalized spacial score (nSPS) is 17.8. The minimum Gasteiger partial charge on any atom is -0.497 e. The lowest BCUT2D eigenvalue weighted by atomic mass is 9.92. The second-order valence-electron chi connectivity index (χ2n) is 8.61. The number of carbonyl (C=O) groups excluding carboxylic acids is 1. The Bertz CT molecular complexity index is 1710. The average molecular weight is 592 g/mol. The van der Waals surface area contributed by atoms with Gasteiger partial charge in [0.2, 0.25) is 25.6 Å². The van der Waals surface area contributed by atoms with E-state index in [2.05, 4.69) is 4.72 Å². The molecule has 0 aromatic heterocycles. The van der Waals surface area contributed by atoms with Gasteiger partial charge in [0.05, 0.1) is 16.9 Å². The second kappa shape index (κ2) is 10.5. The summed E-state index contributed by atoms with van der Waals surface area (Å²) in [4.78, 5) is 12.4. The van der Waals surface area contributed by atoms with Crippen molar-refractivity contribution in [3.05, 3.63) is 100 Å². The summed E-state index contributed by atoms with van der Waals surface area (Å²) in [5.41, 5.74) is 0.507. The van der Waals surface area contributed by atoms with E-state index >= 15 is 0 Å². The van der Waals surface area contributed by atoms with E-state index in [0.717, 1.165) is 25.9 Å². The number of ketones is 1. The molecule has 4 rings (SSSR count). The summed E-state index contributed by atoms with van der Waals surface area (Å²) in [5, 5.41) is -2.44. The number of fused-ring (bicyclic) bond motifs is 1. The van der Waals surface area contributed by atoms with Crippen LogP contribution in [0, 0.1) is 6.92 Å². The van der Waals surface area contributed by atoms with Crippen molar-refractivity contribution >= 4 is 33.2 Å². The van der Waals surface area contributed by atoms with Gasteiger partial charge in [-0.25, -0.2) is 16.8 Å². The number of carbonyl (C=O) groups is 1.